The van der Waals surface area contributed by atoms with Crippen molar-refractivity contribution in [3.05, 3.63) is 42.0 Å². The number of nitrogens with one attached hydrogen (secondary N) is 1. The number of fused-ring (bicyclic) bond motifs is 1. The van der Waals surface area contributed by atoms with Gasteiger partial charge in [-0.25, -0.2) is 0 Å². The van der Waals surface area contributed by atoms with Crippen LogP contribution in [0.15, 0.2) is 36.4 Å². The van der Waals surface area contributed by atoms with Gasteiger partial charge in [-0.3, -0.25) is 9.59 Å². The van der Waals surface area contributed by atoms with E-state index >= 15 is 0 Å². The Morgan fingerprint density at radius 1 is 1.26 bits per heavy atom. The number of rotatable bonds is 3. The summed E-state index contributed by atoms with van der Waals surface area (Å²) in [6, 6.07) is 10.4. The Kier molecular flexibility index (Phi) is 4.19. The molecule has 1 aliphatic rings. The highest BCUT2D eigenvalue weighted by atomic mass is 16.3. The van der Waals surface area contributed by atoms with E-state index < -0.39 is 6.04 Å². The van der Waals surface area contributed by atoms with E-state index in [0.29, 0.717) is 24.9 Å². The number of phenolic OH excluding ortho intramolecular Hbond substituents is 1. The van der Waals surface area contributed by atoms with Gasteiger partial charge in [0.25, 0.3) is 5.91 Å². The molecule has 1 fully saturated rings. The number of nitrogens with zero attached hydrogens (tertiary/aromatic N) is 1. The van der Waals surface area contributed by atoms with Crippen LogP contribution in [0.4, 0.5) is 0 Å². The molecule has 0 radical (unpaired) electrons. The van der Waals surface area contributed by atoms with Crippen LogP contribution in [0, 0.1) is 0 Å². The van der Waals surface area contributed by atoms with Crippen LogP contribution in [0.2, 0.25) is 0 Å². The number of aromatic hydroxyl groups is 1. The minimum atomic E-state index is -0.451. The van der Waals surface area contributed by atoms with Gasteiger partial charge in [-0.1, -0.05) is 30.3 Å². The highest BCUT2D eigenvalue weighted by molar-refractivity contribution is 6.05. The molecule has 0 aromatic heterocycles. The van der Waals surface area contributed by atoms with Crippen LogP contribution in [-0.2, 0) is 4.79 Å². The molecule has 2 aromatic rings. The smallest absolute Gasteiger partial charge is 0.258 e. The van der Waals surface area contributed by atoms with E-state index in [0.717, 1.165) is 11.8 Å². The number of benzene rings is 2. The lowest BCUT2D eigenvalue weighted by Gasteiger charge is -2.24. The minimum absolute atomic E-state index is 0.0188. The average molecular weight is 312 g/mol. The molecule has 1 atom stereocenters. The summed E-state index contributed by atoms with van der Waals surface area (Å²) in [5.74, 6) is -0.435. The molecule has 2 aromatic carbocycles. The molecule has 0 bridgehead atoms. The van der Waals surface area contributed by atoms with Crippen molar-refractivity contribution in [1.29, 1.82) is 0 Å². The van der Waals surface area contributed by atoms with Crippen molar-refractivity contribution in [1.82, 2.24) is 10.2 Å². The molecular formula is C18H20N2O3. The van der Waals surface area contributed by atoms with Crippen LogP contribution in [0.1, 0.15) is 30.1 Å². The third-order valence-electron chi connectivity index (χ3n) is 4.30. The molecule has 1 aliphatic heterocycles. The summed E-state index contributed by atoms with van der Waals surface area (Å²) < 4.78 is 0. The first-order chi connectivity index (χ1) is 11.1. The van der Waals surface area contributed by atoms with E-state index in [1.54, 1.807) is 17.0 Å². The second-order valence-electron chi connectivity index (χ2n) is 5.73. The van der Waals surface area contributed by atoms with E-state index in [1.165, 1.54) is 0 Å². The standard InChI is InChI=1S/C18H20N2O3/c1-2-19-17(22)15-8-5-11-20(15)18(23)14-10-9-12-6-3-4-7-13(12)16(14)21/h3-4,6-7,9-10,15,21H,2,5,8,11H2,1H3,(H,19,22). The maximum atomic E-state index is 12.8. The molecule has 0 aliphatic carbocycles. The molecule has 1 heterocycles. The maximum Gasteiger partial charge on any atom is 0.258 e. The molecule has 5 heteroatoms. The van der Waals surface area contributed by atoms with Gasteiger partial charge >= 0.3 is 0 Å². The molecular weight excluding hydrogens is 292 g/mol. The van der Waals surface area contributed by atoms with Gasteiger partial charge in [0.1, 0.15) is 11.8 Å². The Labute approximate surface area is 134 Å². The summed E-state index contributed by atoms with van der Waals surface area (Å²) in [7, 11) is 0. The zero-order valence-corrected chi connectivity index (χ0v) is 13.1. The highest BCUT2D eigenvalue weighted by Crippen LogP contribution is 2.31. The number of carbonyl (C=O) groups excluding carboxylic acids is 2. The fourth-order valence-electron chi connectivity index (χ4n) is 3.16. The van der Waals surface area contributed by atoms with Gasteiger partial charge in [-0.2, -0.15) is 0 Å². The van der Waals surface area contributed by atoms with Crippen LogP contribution < -0.4 is 5.32 Å². The predicted molar refractivity (Wildman–Crippen MR) is 88.4 cm³/mol. The van der Waals surface area contributed by atoms with E-state index in [2.05, 4.69) is 5.32 Å². The fourth-order valence-corrected chi connectivity index (χ4v) is 3.16. The molecule has 2 N–H and O–H groups in total. The SMILES string of the molecule is CCNC(=O)C1CCCN1C(=O)c1ccc2ccccc2c1O. The first kappa shape index (κ1) is 15.3. The molecule has 5 nitrogen and oxygen atoms in total. The normalized spacial score (nSPS) is 17.4. The number of carbonyl (C=O) groups is 2. The molecule has 3 rings (SSSR count). The molecule has 0 spiro atoms. The molecule has 1 unspecified atom stereocenters. The lowest BCUT2D eigenvalue weighted by molar-refractivity contribution is -0.124. The molecule has 2 amide bonds. The van der Waals surface area contributed by atoms with E-state index in [1.807, 2.05) is 31.2 Å². The predicted octanol–water partition coefficient (Wildman–Crippen LogP) is 2.29. The fraction of sp³-hybridized carbons (Fsp3) is 0.333. The van der Waals surface area contributed by atoms with Crippen molar-refractivity contribution in [2.24, 2.45) is 0 Å². The number of likely N-dealkylation sites (tertiary alicyclic amines) is 1. The van der Waals surface area contributed by atoms with Crippen molar-refractivity contribution >= 4 is 22.6 Å². The number of amides is 2. The van der Waals surface area contributed by atoms with Crippen molar-refractivity contribution < 1.29 is 14.7 Å². The number of hydrogen-bond acceptors (Lipinski definition) is 3. The summed E-state index contributed by atoms with van der Waals surface area (Å²) in [5.41, 5.74) is 0.250. The zero-order chi connectivity index (χ0) is 16.4. The van der Waals surface area contributed by atoms with E-state index in [4.69, 9.17) is 0 Å². The molecule has 1 saturated heterocycles. The number of phenols is 1. The van der Waals surface area contributed by atoms with Crippen LogP contribution in [0.3, 0.4) is 0 Å². The lowest BCUT2D eigenvalue weighted by Crippen LogP contribution is -2.45. The average Bonchev–Trinajstić information content (AvgIpc) is 3.05. The van der Waals surface area contributed by atoms with Gasteiger partial charge in [-0.15, -0.1) is 0 Å². The van der Waals surface area contributed by atoms with Gasteiger partial charge in [0, 0.05) is 18.5 Å². The monoisotopic (exact) mass is 312 g/mol. The largest absolute Gasteiger partial charge is 0.506 e. The summed E-state index contributed by atoms with van der Waals surface area (Å²) in [6.07, 6.45) is 1.45. The Balaban J connectivity index is 1.93. The Hall–Kier alpha value is -2.56. The van der Waals surface area contributed by atoms with E-state index in [9.17, 15) is 14.7 Å². The van der Waals surface area contributed by atoms with Crippen molar-refractivity contribution in [2.45, 2.75) is 25.8 Å². The van der Waals surface area contributed by atoms with Crippen molar-refractivity contribution in [3.8, 4) is 5.75 Å². The van der Waals surface area contributed by atoms with Crippen molar-refractivity contribution in [2.75, 3.05) is 13.1 Å². The molecule has 0 saturated carbocycles. The van der Waals surface area contributed by atoms with Gasteiger partial charge in [0.05, 0.1) is 5.56 Å². The van der Waals surface area contributed by atoms with E-state index in [-0.39, 0.29) is 23.1 Å². The van der Waals surface area contributed by atoms with Crippen LogP contribution in [0.5, 0.6) is 5.75 Å². The third kappa shape index (κ3) is 2.74. The van der Waals surface area contributed by atoms with Crippen LogP contribution in [-0.4, -0.2) is 41.0 Å². The summed E-state index contributed by atoms with van der Waals surface area (Å²) in [6.45, 7) is 2.93. The van der Waals surface area contributed by atoms with Crippen molar-refractivity contribution in [3.63, 3.8) is 0 Å². The topological polar surface area (TPSA) is 69.6 Å². The third-order valence-corrected chi connectivity index (χ3v) is 4.30. The number of hydrogen-bond donors (Lipinski definition) is 2. The van der Waals surface area contributed by atoms with Crippen LogP contribution in [0.25, 0.3) is 10.8 Å². The Morgan fingerprint density at radius 2 is 2.04 bits per heavy atom. The number of likely N-dealkylation sites (N-methyl/N-ethyl adjacent to an activating group) is 1. The second-order valence-corrected chi connectivity index (χ2v) is 5.73. The summed E-state index contributed by atoms with van der Waals surface area (Å²) in [5, 5.41) is 14.8. The minimum Gasteiger partial charge on any atom is -0.506 e. The molecule has 120 valence electrons. The Morgan fingerprint density at radius 3 is 2.83 bits per heavy atom. The first-order valence-electron chi connectivity index (χ1n) is 7.93. The van der Waals surface area contributed by atoms with Gasteiger partial charge in [0.2, 0.25) is 5.91 Å². The lowest BCUT2D eigenvalue weighted by atomic mass is 10.0. The first-order valence-corrected chi connectivity index (χ1v) is 7.93. The highest BCUT2D eigenvalue weighted by Gasteiger charge is 2.35. The van der Waals surface area contributed by atoms with Gasteiger partial charge in [-0.05, 0) is 31.2 Å². The van der Waals surface area contributed by atoms with Gasteiger partial charge < -0.3 is 15.3 Å². The van der Waals surface area contributed by atoms with Crippen LogP contribution >= 0.6 is 0 Å². The molecule has 23 heavy (non-hydrogen) atoms. The summed E-state index contributed by atoms with van der Waals surface area (Å²) in [4.78, 5) is 26.5. The Bertz CT molecular complexity index is 757. The second kappa shape index (κ2) is 6.28. The quantitative estimate of drug-likeness (QED) is 0.913. The zero-order valence-electron chi connectivity index (χ0n) is 13.1. The van der Waals surface area contributed by atoms with Gasteiger partial charge in [0.15, 0.2) is 0 Å². The maximum absolute atomic E-state index is 12.8. The summed E-state index contributed by atoms with van der Waals surface area (Å²) >= 11 is 0.